The first-order chi connectivity index (χ1) is 12.8. The molecule has 3 nitrogen and oxygen atoms in total. The highest BCUT2D eigenvalue weighted by Crippen LogP contribution is 2.37. The van der Waals surface area contributed by atoms with E-state index in [1.54, 1.807) is 0 Å². The quantitative estimate of drug-likeness (QED) is 0.618. The highest BCUT2D eigenvalue weighted by atomic mass is 32.1. The summed E-state index contributed by atoms with van der Waals surface area (Å²) in [6.07, 6.45) is 6.96. The van der Waals surface area contributed by atoms with Gasteiger partial charge in [-0.1, -0.05) is 44.4 Å². The fourth-order valence-corrected chi connectivity index (χ4v) is 4.71. The van der Waals surface area contributed by atoms with Gasteiger partial charge in [0.05, 0.1) is 0 Å². The Morgan fingerprint density at radius 2 is 1.96 bits per heavy atom. The van der Waals surface area contributed by atoms with Crippen LogP contribution in [-0.2, 0) is 6.42 Å². The van der Waals surface area contributed by atoms with Gasteiger partial charge in [0.2, 0.25) is 0 Å². The number of aliphatic hydroxyl groups is 1. The molecule has 1 aliphatic carbocycles. The molecule has 0 bridgehead atoms. The maximum absolute atomic E-state index is 10.4. The van der Waals surface area contributed by atoms with Crippen molar-refractivity contribution in [3.63, 3.8) is 0 Å². The third-order valence-electron chi connectivity index (χ3n) is 5.20. The van der Waals surface area contributed by atoms with E-state index in [4.69, 9.17) is 4.74 Å². The maximum atomic E-state index is 10.4. The van der Waals surface area contributed by atoms with Crippen LogP contribution in [0, 0.1) is 5.92 Å². The van der Waals surface area contributed by atoms with Gasteiger partial charge in [0.1, 0.15) is 18.5 Å². The molecular weight excluding hydrogens is 342 g/mol. The van der Waals surface area contributed by atoms with Crippen molar-refractivity contribution in [1.82, 2.24) is 5.32 Å². The Labute approximate surface area is 161 Å². The SMILES string of the molecule is CCCc1ccc(OCC(O)CNC(c2cccs2)C2CCCC2)cc1. The Morgan fingerprint density at radius 1 is 1.19 bits per heavy atom. The van der Waals surface area contributed by atoms with Crippen molar-refractivity contribution in [1.29, 1.82) is 0 Å². The molecule has 2 atom stereocenters. The number of aryl methyl sites for hydroxylation is 1. The van der Waals surface area contributed by atoms with Crippen LogP contribution in [0.15, 0.2) is 41.8 Å². The minimum atomic E-state index is -0.505. The molecule has 26 heavy (non-hydrogen) atoms. The number of thiophene rings is 1. The van der Waals surface area contributed by atoms with Gasteiger partial charge in [-0.2, -0.15) is 0 Å². The van der Waals surface area contributed by atoms with E-state index in [-0.39, 0.29) is 0 Å². The number of rotatable bonds is 10. The molecule has 1 saturated carbocycles. The molecule has 1 heterocycles. The highest BCUT2D eigenvalue weighted by molar-refractivity contribution is 7.10. The zero-order chi connectivity index (χ0) is 18.2. The molecule has 2 N–H and O–H groups in total. The molecular formula is C22H31NO2S. The smallest absolute Gasteiger partial charge is 0.119 e. The van der Waals surface area contributed by atoms with Gasteiger partial charge in [0, 0.05) is 17.5 Å². The summed E-state index contributed by atoms with van der Waals surface area (Å²) in [5.41, 5.74) is 1.33. The first-order valence-corrected chi connectivity index (χ1v) is 10.8. The van der Waals surface area contributed by atoms with Gasteiger partial charge in [0.25, 0.3) is 0 Å². The van der Waals surface area contributed by atoms with Gasteiger partial charge in [0.15, 0.2) is 0 Å². The van der Waals surface area contributed by atoms with Crippen LogP contribution in [0.5, 0.6) is 5.75 Å². The molecule has 2 unspecified atom stereocenters. The van der Waals surface area contributed by atoms with Gasteiger partial charge in [-0.05, 0) is 54.3 Å². The molecule has 4 heteroatoms. The predicted molar refractivity (Wildman–Crippen MR) is 109 cm³/mol. The van der Waals surface area contributed by atoms with Crippen molar-refractivity contribution in [3.8, 4) is 5.75 Å². The molecule has 1 aromatic carbocycles. The van der Waals surface area contributed by atoms with Crippen LogP contribution in [0.25, 0.3) is 0 Å². The fraction of sp³-hybridized carbons (Fsp3) is 0.545. The van der Waals surface area contributed by atoms with E-state index in [2.05, 4.69) is 41.9 Å². The molecule has 1 aromatic heterocycles. The van der Waals surface area contributed by atoms with Crippen molar-refractivity contribution in [2.45, 2.75) is 57.6 Å². The summed E-state index contributed by atoms with van der Waals surface area (Å²) in [5.74, 6) is 1.52. The topological polar surface area (TPSA) is 41.5 Å². The first-order valence-electron chi connectivity index (χ1n) is 9.93. The average Bonchev–Trinajstić information content (AvgIpc) is 3.36. The lowest BCUT2D eigenvalue weighted by atomic mass is 9.96. The predicted octanol–water partition coefficient (Wildman–Crippen LogP) is 4.96. The number of aliphatic hydroxyl groups excluding tert-OH is 1. The van der Waals surface area contributed by atoms with Crippen molar-refractivity contribution in [3.05, 3.63) is 52.2 Å². The number of hydrogen-bond donors (Lipinski definition) is 2. The zero-order valence-corrected chi connectivity index (χ0v) is 16.5. The lowest BCUT2D eigenvalue weighted by Gasteiger charge is -2.25. The minimum absolute atomic E-state index is 0.321. The van der Waals surface area contributed by atoms with Gasteiger partial charge < -0.3 is 15.2 Å². The number of hydrogen-bond acceptors (Lipinski definition) is 4. The molecule has 0 saturated heterocycles. The minimum Gasteiger partial charge on any atom is -0.491 e. The van der Waals surface area contributed by atoms with Crippen LogP contribution < -0.4 is 10.1 Å². The van der Waals surface area contributed by atoms with Crippen LogP contribution in [0.3, 0.4) is 0 Å². The lowest BCUT2D eigenvalue weighted by Crippen LogP contribution is -2.36. The Bertz CT molecular complexity index is 620. The van der Waals surface area contributed by atoms with Crippen LogP contribution in [0.4, 0.5) is 0 Å². The monoisotopic (exact) mass is 373 g/mol. The average molecular weight is 374 g/mol. The molecule has 2 aromatic rings. The van der Waals surface area contributed by atoms with Gasteiger partial charge in [-0.15, -0.1) is 11.3 Å². The van der Waals surface area contributed by atoms with E-state index in [0.29, 0.717) is 25.1 Å². The number of benzene rings is 1. The second kappa shape index (κ2) is 10.1. The van der Waals surface area contributed by atoms with Crippen LogP contribution in [0.1, 0.15) is 55.5 Å². The molecule has 3 rings (SSSR count). The van der Waals surface area contributed by atoms with E-state index in [1.165, 1.54) is 36.1 Å². The zero-order valence-electron chi connectivity index (χ0n) is 15.7. The summed E-state index contributed by atoms with van der Waals surface area (Å²) in [4.78, 5) is 1.39. The van der Waals surface area contributed by atoms with E-state index >= 15 is 0 Å². The highest BCUT2D eigenvalue weighted by Gasteiger charge is 2.27. The van der Waals surface area contributed by atoms with Crippen LogP contribution >= 0.6 is 11.3 Å². The summed E-state index contributed by atoms with van der Waals surface area (Å²) < 4.78 is 5.76. The standard InChI is InChI=1S/C22H31NO2S/c1-2-6-17-10-12-20(13-11-17)25-16-19(24)15-23-22(18-7-3-4-8-18)21-9-5-14-26-21/h5,9-14,18-19,22-24H,2-4,6-8,15-16H2,1H3. The molecule has 1 aliphatic rings. The molecule has 0 amide bonds. The molecule has 1 fully saturated rings. The summed E-state index contributed by atoms with van der Waals surface area (Å²) >= 11 is 1.81. The van der Waals surface area contributed by atoms with Crippen molar-refractivity contribution < 1.29 is 9.84 Å². The second-order valence-corrected chi connectivity index (χ2v) is 8.28. The lowest BCUT2D eigenvalue weighted by molar-refractivity contribution is 0.101. The second-order valence-electron chi connectivity index (χ2n) is 7.30. The van der Waals surface area contributed by atoms with E-state index in [1.807, 2.05) is 23.5 Å². The summed E-state index contributed by atoms with van der Waals surface area (Å²) in [6.45, 7) is 3.07. The summed E-state index contributed by atoms with van der Waals surface area (Å²) in [6, 6.07) is 12.9. The molecule has 0 spiro atoms. The van der Waals surface area contributed by atoms with Gasteiger partial charge >= 0.3 is 0 Å². The number of nitrogens with one attached hydrogen (secondary N) is 1. The Hall–Kier alpha value is -1.36. The largest absolute Gasteiger partial charge is 0.491 e. The molecule has 0 radical (unpaired) electrons. The Kier molecular flexibility index (Phi) is 7.54. The van der Waals surface area contributed by atoms with Crippen molar-refractivity contribution >= 4 is 11.3 Å². The van der Waals surface area contributed by atoms with Crippen molar-refractivity contribution in [2.75, 3.05) is 13.2 Å². The fourth-order valence-electron chi connectivity index (χ4n) is 3.81. The normalized spacial score (nSPS) is 17.3. The van der Waals surface area contributed by atoms with E-state index in [9.17, 15) is 5.11 Å². The van der Waals surface area contributed by atoms with Crippen LogP contribution in [0.2, 0.25) is 0 Å². The Balaban J connectivity index is 1.46. The molecule has 0 aliphatic heterocycles. The van der Waals surface area contributed by atoms with Crippen molar-refractivity contribution in [2.24, 2.45) is 5.92 Å². The third-order valence-corrected chi connectivity index (χ3v) is 6.15. The van der Waals surface area contributed by atoms with E-state index in [0.717, 1.165) is 18.6 Å². The van der Waals surface area contributed by atoms with Gasteiger partial charge in [-0.3, -0.25) is 0 Å². The maximum Gasteiger partial charge on any atom is 0.119 e. The van der Waals surface area contributed by atoms with Gasteiger partial charge in [-0.25, -0.2) is 0 Å². The first kappa shape index (κ1) is 19.4. The van der Waals surface area contributed by atoms with E-state index < -0.39 is 6.10 Å². The number of ether oxygens (including phenoxy) is 1. The third kappa shape index (κ3) is 5.57. The summed E-state index contributed by atoms with van der Waals surface area (Å²) in [5, 5.41) is 16.1. The molecule has 142 valence electrons. The summed E-state index contributed by atoms with van der Waals surface area (Å²) in [7, 11) is 0. The van der Waals surface area contributed by atoms with Crippen LogP contribution in [-0.4, -0.2) is 24.4 Å². The Morgan fingerprint density at radius 3 is 2.62 bits per heavy atom.